The third-order valence-electron chi connectivity index (χ3n) is 22.3. The average Bonchev–Trinajstić information content (AvgIpc) is 1.61. The fourth-order valence-electron chi connectivity index (χ4n) is 15.6. The van der Waals surface area contributed by atoms with Crippen molar-refractivity contribution >= 4 is 95.6 Å². The van der Waals surface area contributed by atoms with Gasteiger partial charge in [0.1, 0.15) is 85.2 Å². The summed E-state index contributed by atoms with van der Waals surface area (Å²) in [6.07, 6.45) is 19.4. The van der Waals surface area contributed by atoms with Gasteiger partial charge >= 0.3 is 12.1 Å². The summed E-state index contributed by atoms with van der Waals surface area (Å²) in [5.74, 6) is -13.7. The number of H-pyrrole nitrogens is 8. The molecule has 0 aliphatic heterocycles. The van der Waals surface area contributed by atoms with Crippen LogP contribution in [0, 0.1) is 23.7 Å². The molecule has 0 radical (unpaired) electrons. The van der Waals surface area contributed by atoms with Crippen molar-refractivity contribution in [2.75, 3.05) is 12.4 Å². The molecule has 45 nitrogen and oxygen atoms in total. The number of rotatable bonds is 53. The minimum atomic E-state index is -1.56. The lowest BCUT2D eigenvalue weighted by atomic mass is 9.98. The zero-order valence-corrected chi connectivity index (χ0v) is 77.1. The van der Waals surface area contributed by atoms with Gasteiger partial charge in [-0.2, -0.15) is 12.6 Å². The first-order valence-electron chi connectivity index (χ1n) is 44.7. The van der Waals surface area contributed by atoms with Gasteiger partial charge in [0.25, 0.3) is 0 Å². The molecule has 0 saturated heterocycles. The Labute approximate surface area is 787 Å². The highest BCUT2D eigenvalue weighted by Crippen LogP contribution is 2.44. The van der Waals surface area contributed by atoms with E-state index in [0.29, 0.717) is 22.8 Å². The molecular weight excluding hydrogens is 1780 g/mol. The lowest BCUT2D eigenvalue weighted by Gasteiger charge is -2.29. The third kappa shape index (κ3) is 30.2. The second-order valence-corrected chi connectivity index (χ2v) is 35.3. The smallest absolute Gasteiger partial charge is 0.407 e. The first-order chi connectivity index (χ1) is 65.3. The number of carbonyl (C=O) groups is 14. The number of fused-ring (bicyclic) bond motifs is 3. The Bertz CT molecular complexity index is 5520. The van der Waals surface area contributed by atoms with Crippen LogP contribution in [0.5, 0.6) is 0 Å². The molecule has 0 bridgehead atoms. The van der Waals surface area contributed by atoms with Crippen LogP contribution in [0.3, 0.4) is 0 Å². The molecule has 0 saturated carbocycles. The van der Waals surface area contributed by atoms with Crippen LogP contribution in [0.15, 0.2) is 149 Å². The summed E-state index contributed by atoms with van der Waals surface area (Å²) in [5, 5.41) is 45.5. The predicted octanol–water partition coefficient (Wildman–Crippen LogP) is 0.636. The molecule has 13 atom stereocenters. The van der Waals surface area contributed by atoms with Gasteiger partial charge in [0.05, 0.1) is 96.2 Å². The fraction of sp³-hybridized carbons (Fsp3) is 0.444. The van der Waals surface area contributed by atoms with Crippen LogP contribution in [-0.2, 0) is 118 Å². The largest absolute Gasteiger partial charge is 0.480 e. The fourth-order valence-corrected chi connectivity index (χ4v) is 15.9. The molecule has 0 unspecified atom stereocenters. The van der Waals surface area contributed by atoms with Crippen LogP contribution in [-0.4, -0.2) is 259 Å². The first kappa shape index (κ1) is 101. The summed E-state index contributed by atoms with van der Waals surface area (Å²) >= 11 is 4.38. The Morgan fingerprint density at radius 2 is 0.478 bits per heavy atom. The molecule has 11 rings (SSSR count). The number of carboxylic acid groups (broad SMARTS) is 1. The van der Waals surface area contributed by atoms with Crippen molar-refractivity contribution in [1.29, 1.82) is 0 Å². The second kappa shape index (κ2) is 49.5. The van der Waals surface area contributed by atoms with Gasteiger partial charge in [0.2, 0.25) is 70.9 Å². The number of ether oxygens (including phenoxy) is 1. The number of nitrogens with zero attached hydrogens (tertiary/aromatic N) is 8. The number of thiol groups is 1. The van der Waals surface area contributed by atoms with Crippen molar-refractivity contribution in [3.8, 4) is 11.1 Å². The Morgan fingerprint density at radius 1 is 0.287 bits per heavy atom. The van der Waals surface area contributed by atoms with Crippen molar-refractivity contribution in [3.05, 3.63) is 205 Å². The molecule has 8 aromatic heterocycles. The maximum Gasteiger partial charge on any atom is 0.407 e. The summed E-state index contributed by atoms with van der Waals surface area (Å²) in [6, 6.07) is -3.50. The quantitative estimate of drug-likeness (QED) is 0.0233. The number of aromatic nitrogens is 16. The maximum absolute atomic E-state index is 15.2. The summed E-state index contributed by atoms with van der Waals surface area (Å²) in [4.78, 5) is 261. The predicted molar refractivity (Wildman–Crippen MR) is 493 cm³/mol. The summed E-state index contributed by atoms with van der Waals surface area (Å²) in [7, 11) is 0. The SMILES string of the molecule is CC(C)C[C@H](NC(=O)[C@H](CS)NC(=O)OCC1c2ccccc2-c2ccccc21)C(=O)N[C@@H](Cc1c[nH]cn1)C(=O)N[C@@H](Cc1c[nH]cn1)C(=O)N[C@@H](Cc1c[nH]cn1)C(=O)N[C@@H](CC(C)C)C(=O)N[C@@H](CC(C)C)C(=O)N[C@@H](Cc1c[nH]cn1)C(=O)N[C@@H](Cc1c[nH]cn1)C(=O)N[C@@H](CC(C)C)C(=O)N[C@@H](Cc1c[nH]cn1)C(=O)N[C@@H](Cc1c[nH]cn1)C(=O)N[C@@H](Cc1c[nH]cn1)C(=O)O. The number of hydrogen-bond acceptors (Lipinski definition) is 24. The number of nitrogens with one attached hydrogen (secondary N) is 21. The highest BCUT2D eigenvalue weighted by atomic mass is 32.1. The molecule has 1 aliphatic carbocycles. The number of carbonyl (C=O) groups excluding carboxylic acids is 13. The van der Waals surface area contributed by atoms with Gasteiger partial charge < -0.3 is 119 Å². The molecule has 0 spiro atoms. The summed E-state index contributed by atoms with van der Waals surface area (Å²) in [5.41, 5.74) is 6.32. The minimum Gasteiger partial charge on any atom is -0.480 e. The normalized spacial score (nSPS) is 14.6. The molecule has 8 heterocycles. The van der Waals surface area contributed by atoms with Gasteiger partial charge in [-0.15, -0.1) is 0 Å². The Morgan fingerprint density at radius 3 is 0.676 bits per heavy atom. The van der Waals surface area contributed by atoms with Gasteiger partial charge in [-0.05, 0) is 71.6 Å². The van der Waals surface area contributed by atoms with E-state index in [-0.39, 0.29) is 142 Å². The van der Waals surface area contributed by atoms with Gasteiger partial charge in [0.15, 0.2) is 0 Å². The standard InChI is InChI=1S/C90H117N29O16S/c1-47(2)17-64(108-81(124)68(21-51-29-91-39-99-51)115-86(129)73(26-56-34-96-44-104-56)116-84(127)71(24-54-32-94-42-102-54)113-80(123)67(20-50(7)8)110-88(131)76(38-136)119-90(134)135-37-63-61-15-11-9-13-59(61)60-14-10-12-16-62(60)63)77(120)107-65(18-48(3)4)78(121)111-70(23-53-31-93-41-101-53)83(126)114-69(22-52-30-92-40-100-52)82(125)109-66(19-49(5)6)79(122)112-72(25-55-33-95-43-103-55)85(128)117-74(27-57-35-97-45-105-57)87(130)118-75(89(132)133)28-58-36-98-46-106-58/h9-16,29-36,39-50,63-76,136H,17-28,37-38H2,1-8H3,(H,91,99)(H,92,100)(H,93,101)(H,94,102)(H,95,103)(H,96,104)(H,97,105)(H,98,106)(H,107,120)(H,108,124)(H,109,125)(H,110,131)(H,111,121)(H,112,122)(H,113,123)(H,114,126)(H,115,129)(H,116,127)(H,117,128)(H,118,130)(H,119,134)(H,132,133)/t64-,65-,66-,67-,68-,69-,70-,71-,72-,73-,74-,75-,76-/m0/s1. The highest BCUT2D eigenvalue weighted by Gasteiger charge is 2.41. The van der Waals surface area contributed by atoms with Crippen molar-refractivity contribution < 1.29 is 77.0 Å². The lowest BCUT2D eigenvalue weighted by molar-refractivity contribution is -0.142. The van der Waals surface area contributed by atoms with E-state index in [1.807, 2.05) is 62.4 Å². The molecule has 13 amide bonds. The lowest BCUT2D eigenvalue weighted by Crippen LogP contribution is -2.62. The number of aromatic amines is 8. The van der Waals surface area contributed by atoms with Crippen LogP contribution in [0.4, 0.5) is 4.79 Å². The van der Waals surface area contributed by atoms with Crippen molar-refractivity contribution in [3.63, 3.8) is 0 Å². The number of carboxylic acids is 1. The number of imidazole rings is 8. The molecule has 724 valence electrons. The van der Waals surface area contributed by atoms with Crippen molar-refractivity contribution in [2.45, 2.75) is 217 Å². The number of aliphatic carboxylic acids is 1. The van der Waals surface area contributed by atoms with Gasteiger partial charge in [-0.25, -0.2) is 49.5 Å². The zero-order valence-electron chi connectivity index (χ0n) is 76.2. The highest BCUT2D eigenvalue weighted by molar-refractivity contribution is 7.80. The molecule has 46 heteroatoms. The Balaban J connectivity index is 0.771. The topological polar surface area (TPSA) is 654 Å². The van der Waals surface area contributed by atoms with E-state index in [1.165, 1.54) is 100 Å². The third-order valence-corrected chi connectivity index (χ3v) is 22.7. The second-order valence-electron chi connectivity index (χ2n) is 34.9. The van der Waals surface area contributed by atoms with Crippen LogP contribution < -0.4 is 69.1 Å². The molecule has 136 heavy (non-hydrogen) atoms. The number of hydrogen-bond donors (Lipinski definition) is 23. The van der Waals surface area contributed by atoms with Crippen LogP contribution >= 0.6 is 12.6 Å². The average molecular weight is 1890 g/mol. The Kier molecular flexibility index (Phi) is 36.9. The van der Waals surface area contributed by atoms with E-state index < -0.39 is 161 Å². The number of alkyl carbamates (subject to hydrolysis) is 1. The van der Waals surface area contributed by atoms with Crippen LogP contribution in [0.1, 0.15) is 144 Å². The maximum atomic E-state index is 15.2. The molecule has 0 fully saturated rings. The van der Waals surface area contributed by atoms with E-state index in [0.717, 1.165) is 22.3 Å². The monoisotopic (exact) mass is 1890 g/mol. The van der Waals surface area contributed by atoms with E-state index in [1.54, 1.807) is 41.5 Å². The van der Waals surface area contributed by atoms with Gasteiger partial charge in [-0.1, -0.05) is 104 Å². The first-order valence-corrected chi connectivity index (χ1v) is 45.3. The molecule has 10 aromatic rings. The van der Waals surface area contributed by atoms with Crippen LogP contribution in [0.25, 0.3) is 11.1 Å². The van der Waals surface area contributed by atoms with E-state index in [4.69, 9.17) is 4.74 Å². The van der Waals surface area contributed by atoms with Crippen molar-refractivity contribution in [2.24, 2.45) is 23.7 Å². The summed E-state index contributed by atoms with van der Waals surface area (Å²) in [6.45, 7) is 14.3. The van der Waals surface area contributed by atoms with E-state index in [2.05, 4.69) is 161 Å². The zero-order chi connectivity index (χ0) is 97.5. The van der Waals surface area contributed by atoms with Crippen molar-refractivity contribution in [1.82, 2.24) is 149 Å². The van der Waals surface area contributed by atoms with E-state index >= 15 is 33.6 Å². The Hall–Kier alpha value is -15.2. The van der Waals surface area contributed by atoms with Crippen LogP contribution in [0.2, 0.25) is 0 Å². The summed E-state index contributed by atoms with van der Waals surface area (Å²) < 4.78 is 5.74. The van der Waals surface area contributed by atoms with Gasteiger partial charge in [0, 0.05) is 113 Å². The number of amides is 13. The minimum absolute atomic E-state index is 0.0438. The van der Waals surface area contributed by atoms with E-state index in [9.17, 15) is 38.7 Å². The van der Waals surface area contributed by atoms with Gasteiger partial charge in [-0.3, -0.25) is 57.5 Å². The number of benzene rings is 2. The molecule has 2 aromatic carbocycles. The molecule has 1 aliphatic rings. The molecule has 22 N–H and O–H groups in total. The molecular formula is C90H117N29O16S.